The summed E-state index contributed by atoms with van der Waals surface area (Å²) in [6, 6.07) is 8.94. The second-order valence-electron chi connectivity index (χ2n) is 4.15. The van der Waals surface area contributed by atoms with Gasteiger partial charge in [0.05, 0.1) is 0 Å². The molecule has 0 amide bonds. The Kier molecular flexibility index (Phi) is 5.67. The first kappa shape index (κ1) is 14.2. The molecular formula is C14H21O2P. The van der Waals surface area contributed by atoms with Gasteiger partial charge in [0.2, 0.25) is 0 Å². The van der Waals surface area contributed by atoms with Crippen molar-refractivity contribution in [2.24, 2.45) is 0 Å². The van der Waals surface area contributed by atoms with Crippen LogP contribution < -0.4 is 5.30 Å². The molecule has 2 nitrogen and oxygen atoms in total. The van der Waals surface area contributed by atoms with E-state index in [1.807, 2.05) is 31.2 Å². The van der Waals surface area contributed by atoms with Crippen LogP contribution >= 0.6 is 7.37 Å². The molecule has 0 aromatic heterocycles. The second-order valence-corrected chi connectivity index (χ2v) is 6.39. The standard InChI is InChI=1S/C14H21O2P/c1-3-5-10-13(9-4-2)17(15,16)14-11-7-6-8-12-14/h6-8,10-12H,3-5,9H2,1-2H3,(H,15,16)/b13-10+. The molecule has 3 heteroatoms. The molecule has 0 saturated heterocycles. The van der Waals surface area contributed by atoms with Crippen LogP contribution in [-0.2, 0) is 4.57 Å². The zero-order valence-corrected chi connectivity index (χ0v) is 11.5. The maximum absolute atomic E-state index is 12.5. The van der Waals surface area contributed by atoms with E-state index in [9.17, 15) is 9.46 Å². The molecule has 0 radical (unpaired) electrons. The van der Waals surface area contributed by atoms with Gasteiger partial charge in [-0.15, -0.1) is 0 Å². The fraction of sp³-hybridized carbons (Fsp3) is 0.429. The minimum Gasteiger partial charge on any atom is -0.338 e. The van der Waals surface area contributed by atoms with Crippen LogP contribution in [0.3, 0.4) is 0 Å². The molecule has 0 aliphatic carbocycles. The molecule has 0 aliphatic rings. The van der Waals surface area contributed by atoms with Gasteiger partial charge in [0.25, 0.3) is 7.37 Å². The Hall–Kier alpha value is -0.850. The third-order valence-corrected chi connectivity index (χ3v) is 4.85. The van der Waals surface area contributed by atoms with E-state index in [1.54, 1.807) is 12.1 Å². The number of allylic oxidation sites excluding steroid dienone is 2. The largest absolute Gasteiger partial charge is 0.338 e. The molecule has 1 aromatic carbocycles. The lowest BCUT2D eigenvalue weighted by Crippen LogP contribution is -2.05. The number of hydrogen-bond acceptors (Lipinski definition) is 1. The summed E-state index contributed by atoms with van der Waals surface area (Å²) in [6.07, 6.45) is 5.40. The molecule has 1 rings (SSSR count). The minimum atomic E-state index is -3.34. The number of benzene rings is 1. The van der Waals surface area contributed by atoms with Crippen LogP contribution in [0.25, 0.3) is 0 Å². The smallest absolute Gasteiger partial charge is 0.254 e. The SMILES string of the molecule is CCC/C=C(\CCC)P(=O)(O)c1ccccc1. The minimum absolute atomic E-state index is 0.538. The Bertz CT molecular complexity index is 409. The summed E-state index contributed by atoms with van der Waals surface area (Å²) in [5, 5.41) is 1.24. The maximum Gasteiger partial charge on any atom is 0.254 e. The molecule has 1 atom stereocenters. The molecule has 0 aliphatic heterocycles. The van der Waals surface area contributed by atoms with Crippen molar-refractivity contribution in [3.05, 3.63) is 41.7 Å². The highest BCUT2D eigenvalue weighted by Gasteiger charge is 2.25. The quantitative estimate of drug-likeness (QED) is 0.775. The van der Waals surface area contributed by atoms with E-state index in [1.165, 1.54) is 0 Å². The third kappa shape index (κ3) is 3.83. The van der Waals surface area contributed by atoms with Crippen LogP contribution in [0.5, 0.6) is 0 Å². The van der Waals surface area contributed by atoms with Crippen LogP contribution in [0, 0.1) is 0 Å². The zero-order valence-electron chi connectivity index (χ0n) is 10.6. The van der Waals surface area contributed by atoms with E-state index in [0.29, 0.717) is 17.0 Å². The molecule has 17 heavy (non-hydrogen) atoms. The van der Waals surface area contributed by atoms with Crippen molar-refractivity contribution in [2.75, 3.05) is 0 Å². The number of rotatable bonds is 6. The first-order chi connectivity index (χ1) is 8.12. The molecule has 0 spiro atoms. The van der Waals surface area contributed by atoms with Crippen molar-refractivity contribution in [1.29, 1.82) is 0 Å². The van der Waals surface area contributed by atoms with Gasteiger partial charge >= 0.3 is 0 Å². The first-order valence-corrected chi connectivity index (χ1v) is 7.86. The molecule has 94 valence electrons. The van der Waals surface area contributed by atoms with Gasteiger partial charge in [0, 0.05) is 10.6 Å². The van der Waals surface area contributed by atoms with E-state index >= 15 is 0 Å². The fourth-order valence-electron chi connectivity index (χ4n) is 1.74. The third-order valence-electron chi connectivity index (χ3n) is 2.67. The molecule has 1 unspecified atom stereocenters. The number of unbranched alkanes of at least 4 members (excludes halogenated alkanes) is 1. The lowest BCUT2D eigenvalue weighted by atomic mass is 10.2. The summed E-state index contributed by atoms with van der Waals surface area (Å²) in [4.78, 5) is 10.3. The Labute approximate surface area is 104 Å². The monoisotopic (exact) mass is 252 g/mol. The summed E-state index contributed by atoms with van der Waals surface area (Å²) in [5.74, 6) is 0. The summed E-state index contributed by atoms with van der Waals surface area (Å²) in [5.41, 5.74) is 0. The zero-order chi connectivity index (χ0) is 12.7. The van der Waals surface area contributed by atoms with Crippen molar-refractivity contribution in [1.82, 2.24) is 0 Å². The molecule has 0 saturated carbocycles. The van der Waals surface area contributed by atoms with E-state index in [-0.39, 0.29) is 0 Å². The van der Waals surface area contributed by atoms with Crippen LogP contribution in [0.2, 0.25) is 0 Å². The van der Waals surface area contributed by atoms with Crippen LogP contribution in [0.4, 0.5) is 0 Å². The van der Waals surface area contributed by atoms with Crippen LogP contribution in [-0.4, -0.2) is 4.89 Å². The maximum atomic E-state index is 12.5. The first-order valence-electron chi connectivity index (χ1n) is 6.21. The predicted molar refractivity (Wildman–Crippen MR) is 73.8 cm³/mol. The van der Waals surface area contributed by atoms with Gasteiger partial charge in [-0.05, 0) is 25.0 Å². The Morgan fingerprint density at radius 2 is 1.88 bits per heavy atom. The van der Waals surface area contributed by atoms with Crippen molar-refractivity contribution >= 4 is 12.7 Å². The Balaban J connectivity index is 3.04. The molecule has 0 heterocycles. The molecule has 0 bridgehead atoms. The molecule has 1 aromatic rings. The van der Waals surface area contributed by atoms with Gasteiger partial charge in [-0.2, -0.15) is 0 Å². The fourth-order valence-corrected chi connectivity index (χ4v) is 3.55. The summed E-state index contributed by atoms with van der Waals surface area (Å²) >= 11 is 0. The summed E-state index contributed by atoms with van der Waals surface area (Å²) < 4.78 is 12.5. The topological polar surface area (TPSA) is 37.3 Å². The van der Waals surface area contributed by atoms with E-state index in [4.69, 9.17) is 0 Å². The Morgan fingerprint density at radius 3 is 2.41 bits per heavy atom. The lowest BCUT2D eigenvalue weighted by Gasteiger charge is -2.15. The van der Waals surface area contributed by atoms with Crippen LogP contribution in [0.1, 0.15) is 39.5 Å². The molecular weight excluding hydrogens is 231 g/mol. The van der Waals surface area contributed by atoms with Gasteiger partial charge < -0.3 is 4.89 Å². The van der Waals surface area contributed by atoms with Crippen LogP contribution in [0.15, 0.2) is 41.7 Å². The molecule has 1 N–H and O–H groups in total. The van der Waals surface area contributed by atoms with Gasteiger partial charge in [-0.1, -0.05) is 51.0 Å². The van der Waals surface area contributed by atoms with Crippen molar-refractivity contribution in [3.8, 4) is 0 Å². The van der Waals surface area contributed by atoms with Crippen molar-refractivity contribution in [2.45, 2.75) is 39.5 Å². The highest BCUT2D eigenvalue weighted by molar-refractivity contribution is 7.70. The summed E-state index contributed by atoms with van der Waals surface area (Å²) in [7, 11) is -3.34. The van der Waals surface area contributed by atoms with Gasteiger partial charge in [0.1, 0.15) is 0 Å². The predicted octanol–water partition coefficient (Wildman–Crippen LogP) is 4.07. The van der Waals surface area contributed by atoms with Crippen molar-refractivity contribution < 1.29 is 9.46 Å². The van der Waals surface area contributed by atoms with E-state index < -0.39 is 7.37 Å². The molecule has 0 fully saturated rings. The van der Waals surface area contributed by atoms with Crippen molar-refractivity contribution in [3.63, 3.8) is 0 Å². The summed E-state index contributed by atoms with van der Waals surface area (Å²) in [6.45, 7) is 4.11. The highest BCUT2D eigenvalue weighted by atomic mass is 31.2. The lowest BCUT2D eigenvalue weighted by molar-refractivity contribution is 0.494. The Morgan fingerprint density at radius 1 is 1.24 bits per heavy atom. The normalized spacial score (nSPS) is 15.6. The van der Waals surface area contributed by atoms with Gasteiger partial charge in [0.15, 0.2) is 0 Å². The van der Waals surface area contributed by atoms with E-state index in [2.05, 4.69) is 6.92 Å². The number of hydrogen-bond donors (Lipinski definition) is 1. The van der Waals surface area contributed by atoms with Gasteiger partial charge in [-0.3, -0.25) is 4.57 Å². The second kappa shape index (κ2) is 6.78. The average molecular weight is 252 g/mol. The highest BCUT2D eigenvalue weighted by Crippen LogP contribution is 2.50. The average Bonchev–Trinajstić information content (AvgIpc) is 2.35. The van der Waals surface area contributed by atoms with Gasteiger partial charge in [-0.25, -0.2) is 0 Å². The van der Waals surface area contributed by atoms with E-state index in [0.717, 1.165) is 19.3 Å².